The van der Waals surface area contributed by atoms with Crippen molar-refractivity contribution in [3.63, 3.8) is 0 Å². The fraction of sp³-hybridized carbons (Fsp3) is 0.261. The smallest absolute Gasteiger partial charge is 0.234 e. The summed E-state index contributed by atoms with van der Waals surface area (Å²) >= 11 is 1.27. The van der Waals surface area contributed by atoms with Crippen molar-refractivity contribution in [3.8, 4) is 23.0 Å². The van der Waals surface area contributed by atoms with Crippen molar-refractivity contribution in [1.29, 1.82) is 0 Å². The third kappa shape index (κ3) is 5.06. The van der Waals surface area contributed by atoms with Crippen molar-refractivity contribution < 1.29 is 23.7 Å². The number of benzene rings is 2. The number of hydrogen-bond donors (Lipinski definition) is 1. The van der Waals surface area contributed by atoms with E-state index in [0.29, 0.717) is 52.8 Å². The lowest BCUT2D eigenvalue weighted by Crippen LogP contribution is -2.25. The Bertz CT molecular complexity index is 1150. The van der Waals surface area contributed by atoms with Crippen molar-refractivity contribution in [2.45, 2.75) is 17.8 Å². The number of nitrogens with zero attached hydrogens (tertiary/aromatic N) is 3. The van der Waals surface area contributed by atoms with Crippen molar-refractivity contribution in [1.82, 2.24) is 14.8 Å². The molecule has 9 nitrogen and oxygen atoms in total. The SMILES string of the molecule is C=CCn1c(SCC(=O)Nc2cc(OC)ccc2OC)nnc1C1COc2ccccc2O1. The van der Waals surface area contributed by atoms with Crippen LogP contribution in [0.15, 0.2) is 60.3 Å². The Morgan fingerprint density at radius 1 is 1.24 bits per heavy atom. The molecule has 0 radical (unpaired) electrons. The summed E-state index contributed by atoms with van der Waals surface area (Å²) in [5.41, 5.74) is 0.530. The van der Waals surface area contributed by atoms with Gasteiger partial charge in [-0.05, 0) is 24.3 Å². The fourth-order valence-electron chi connectivity index (χ4n) is 3.32. The molecule has 1 amide bonds. The number of thioether (sulfide) groups is 1. The van der Waals surface area contributed by atoms with Crippen LogP contribution < -0.4 is 24.3 Å². The molecule has 1 aliphatic heterocycles. The molecular weight excluding hydrogens is 444 g/mol. The topological polar surface area (TPSA) is 96.7 Å². The molecule has 1 N–H and O–H groups in total. The van der Waals surface area contributed by atoms with E-state index < -0.39 is 6.10 Å². The molecule has 0 saturated heterocycles. The van der Waals surface area contributed by atoms with Gasteiger partial charge in [-0.2, -0.15) is 0 Å². The first-order valence-corrected chi connectivity index (χ1v) is 11.2. The summed E-state index contributed by atoms with van der Waals surface area (Å²) < 4.78 is 24.3. The van der Waals surface area contributed by atoms with Gasteiger partial charge in [0.25, 0.3) is 0 Å². The van der Waals surface area contributed by atoms with E-state index in [-0.39, 0.29) is 11.7 Å². The highest BCUT2D eigenvalue weighted by atomic mass is 32.2. The number of carbonyl (C=O) groups excluding carboxylic acids is 1. The highest BCUT2D eigenvalue weighted by molar-refractivity contribution is 7.99. The molecule has 0 bridgehead atoms. The van der Waals surface area contributed by atoms with E-state index in [2.05, 4.69) is 22.1 Å². The number of fused-ring (bicyclic) bond motifs is 1. The molecule has 0 aliphatic carbocycles. The Balaban J connectivity index is 1.45. The van der Waals surface area contributed by atoms with Crippen LogP contribution in [0.1, 0.15) is 11.9 Å². The number of para-hydroxylation sites is 2. The van der Waals surface area contributed by atoms with Crippen LogP contribution in [0.4, 0.5) is 5.69 Å². The van der Waals surface area contributed by atoms with Crippen molar-refractivity contribution in [2.24, 2.45) is 0 Å². The third-order valence-corrected chi connectivity index (χ3v) is 5.83. The Labute approximate surface area is 195 Å². The molecule has 4 rings (SSSR count). The fourth-order valence-corrected chi connectivity index (χ4v) is 4.08. The van der Waals surface area contributed by atoms with Gasteiger partial charge in [-0.15, -0.1) is 16.8 Å². The maximum atomic E-state index is 12.6. The summed E-state index contributed by atoms with van der Waals surface area (Å²) in [4.78, 5) is 12.6. The zero-order valence-corrected chi connectivity index (χ0v) is 19.1. The van der Waals surface area contributed by atoms with E-state index in [0.717, 1.165) is 0 Å². The molecule has 33 heavy (non-hydrogen) atoms. The number of hydrogen-bond acceptors (Lipinski definition) is 8. The number of anilines is 1. The minimum Gasteiger partial charge on any atom is -0.497 e. The molecule has 2 heterocycles. The molecule has 3 aromatic rings. The van der Waals surface area contributed by atoms with Gasteiger partial charge in [0, 0.05) is 12.6 Å². The maximum Gasteiger partial charge on any atom is 0.234 e. The van der Waals surface area contributed by atoms with Crippen LogP contribution in [-0.4, -0.2) is 47.3 Å². The van der Waals surface area contributed by atoms with Gasteiger partial charge in [0.1, 0.15) is 18.1 Å². The molecule has 2 aromatic carbocycles. The average molecular weight is 469 g/mol. The molecule has 1 aliphatic rings. The first kappa shape index (κ1) is 22.5. The number of aromatic nitrogens is 3. The summed E-state index contributed by atoms with van der Waals surface area (Å²) in [5, 5.41) is 12.0. The van der Waals surface area contributed by atoms with Gasteiger partial charge in [-0.25, -0.2) is 0 Å². The molecule has 1 unspecified atom stereocenters. The molecule has 0 saturated carbocycles. The number of allylic oxidation sites excluding steroid dienone is 1. The first-order valence-electron chi connectivity index (χ1n) is 10.2. The number of amides is 1. The minimum absolute atomic E-state index is 0.125. The molecule has 0 spiro atoms. The summed E-state index contributed by atoms with van der Waals surface area (Å²) in [6.07, 6.45) is 1.33. The van der Waals surface area contributed by atoms with E-state index in [9.17, 15) is 4.79 Å². The van der Waals surface area contributed by atoms with Gasteiger partial charge in [0.2, 0.25) is 5.91 Å². The van der Waals surface area contributed by atoms with Gasteiger partial charge in [-0.3, -0.25) is 9.36 Å². The van der Waals surface area contributed by atoms with Crippen molar-refractivity contribution >= 4 is 23.4 Å². The summed E-state index contributed by atoms with van der Waals surface area (Å²) in [6, 6.07) is 12.7. The summed E-state index contributed by atoms with van der Waals surface area (Å²) in [5.74, 6) is 3.03. The predicted octanol–water partition coefficient (Wildman–Crippen LogP) is 3.72. The van der Waals surface area contributed by atoms with Gasteiger partial charge in [0.15, 0.2) is 28.6 Å². The zero-order valence-electron chi connectivity index (χ0n) is 18.3. The first-order chi connectivity index (χ1) is 16.1. The number of carbonyl (C=O) groups is 1. The largest absolute Gasteiger partial charge is 0.497 e. The average Bonchev–Trinajstić information content (AvgIpc) is 3.25. The van der Waals surface area contributed by atoms with Crippen LogP contribution in [0.2, 0.25) is 0 Å². The number of ether oxygens (including phenoxy) is 4. The molecular formula is C23H24N4O5S. The zero-order chi connectivity index (χ0) is 23.2. The normalized spacial score (nSPS) is 14.4. The molecule has 1 atom stereocenters. The Hall–Kier alpha value is -3.66. The summed E-state index contributed by atoms with van der Waals surface area (Å²) in [6.45, 7) is 4.60. The number of nitrogens with one attached hydrogen (secondary N) is 1. The number of methoxy groups -OCH3 is 2. The predicted molar refractivity (Wildman–Crippen MR) is 124 cm³/mol. The highest BCUT2D eigenvalue weighted by Crippen LogP contribution is 2.36. The Kier molecular flexibility index (Phi) is 7.04. The van der Waals surface area contributed by atoms with E-state index in [1.54, 1.807) is 38.5 Å². The lowest BCUT2D eigenvalue weighted by atomic mass is 10.2. The van der Waals surface area contributed by atoms with Gasteiger partial charge in [-0.1, -0.05) is 30.0 Å². The second-order valence-corrected chi connectivity index (χ2v) is 7.95. The minimum atomic E-state index is -0.420. The number of rotatable bonds is 9. The third-order valence-electron chi connectivity index (χ3n) is 4.87. The Morgan fingerprint density at radius 2 is 2.06 bits per heavy atom. The quantitative estimate of drug-likeness (QED) is 0.375. The molecule has 10 heteroatoms. The van der Waals surface area contributed by atoms with Crippen molar-refractivity contribution in [3.05, 3.63) is 60.9 Å². The summed E-state index contributed by atoms with van der Waals surface area (Å²) in [7, 11) is 3.11. The van der Waals surface area contributed by atoms with E-state index in [1.165, 1.54) is 11.8 Å². The van der Waals surface area contributed by atoms with Crippen LogP contribution in [0, 0.1) is 0 Å². The lowest BCUT2D eigenvalue weighted by Gasteiger charge is -2.26. The van der Waals surface area contributed by atoms with Gasteiger partial charge in [0.05, 0.1) is 25.7 Å². The van der Waals surface area contributed by atoms with Crippen LogP contribution >= 0.6 is 11.8 Å². The van der Waals surface area contributed by atoms with Gasteiger partial charge < -0.3 is 24.3 Å². The molecule has 172 valence electrons. The maximum absolute atomic E-state index is 12.6. The van der Waals surface area contributed by atoms with Crippen LogP contribution in [0.3, 0.4) is 0 Å². The van der Waals surface area contributed by atoms with E-state index in [4.69, 9.17) is 18.9 Å². The standard InChI is InChI=1S/C23H24N4O5S/c1-4-11-27-22(20-13-31-18-7-5-6-8-19(18)32-20)25-26-23(27)33-14-21(28)24-16-12-15(29-2)9-10-17(16)30-3/h4-10,12,20H,1,11,13-14H2,2-3H3,(H,24,28). The van der Waals surface area contributed by atoms with E-state index >= 15 is 0 Å². The van der Waals surface area contributed by atoms with Gasteiger partial charge >= 0.3 is 0 Å². The second-order valence-electron chi connectivity index (χ2n) is 7.01. The Morgan fingerprint density at radius 3 is 2.82 bits per heavy atom. The lowest BCUT2D eigenvalue weighted by molar-refractivity contribution is -0.113. The van der Waals surface area contributed by atoms with Crippen LogP contribution in [-0.2, 0) is 11.3 Å². The highest BCUT2D eigenvalue weighted by Gasteiger charge is 2.28. The van der Waals surface area contributed by atoms with Crippen molar-refractivity contribution in [2.75, 3.05) is 31.9 Å². The van der Waals surface area contributed by atoms with E-state index in [1.807, 2.05) is 28.8 Å². The van der Waals surface area contributed by atoms with Crippen LogP contribution in [0.25, 0.3) is 0 Å². The monoisotopic (exact) mass is 468 g/mol. The second kappa shape index (κ2) is 10.3. The molecule has 1 aromatic heterocycles. The molecule has 0 fully saturated rings. The van der Waals surface area contributed by atoms with Crippen LogP contribution in [0.5, 0.6) is 23.0 Å².